The van der Waals surface area contributed by atoms with Gasteiger partial charge in [-0.2, -0.15) is 0 Å². The molecule has 0 heterocycles. The van der Waals surface area contributed by atoms with Gasteiger partial charge in [-0.05, 0) is 43.4 Å². The quantitative estimate of drug-likeness (QED) is 0.633. The lowest BCUT2D eigenvalue weighted by molar-refractivity contribution is 0.101. The number of hydrogen-bond acceptors (Lipinski definition) is 3. The maximum absolute atomic E-state index is 11.4. The van der Waals surface area contributed by atoms with Gasteiger partial charge in [-0.1, -0.05) is 19.8 Å². The zero-order valence-corrected chi connectivity index (χ0v) is 11.2. The Kier molecular flexibility index (Phi) is 3.90. The van der Waals surface area contributed by atoms with Gasteiger partial charge in [0.25, 0.3) is 0 Å². The Morgan fingerprint density at radius 2 is 2.22 bits per heavy atom. The van der Waals surface area contributed by atoms with E-state index < -0.39 is 0 Å². The Morgan fingerprint density at radius 1 is 1.44 bits per heavy atom. The van der Waals surface area contributed by atoms with Crippen LogP contribution in [0.5, 0.6) is 0 Å². The van der Waals surface area contributed by atoms with Crippen molar-refractivity contribution in [2.24, 2.45) is 11.8 Å². The summed E-state index contributed by atoms with van der Waals surface area (Å²) in [6.07, 6.45) is 3.99. The summed E-state index contributed by atoms with van der Waals surface area (Å²) in [5, 5.41) is 3.43. The molecular formula is C15H22N2O. The minimum absolute atomic E-state index is 0.0189. The van der Waals surface area contributed by atoms with Gasteiger partial charge in [0.2, 0.25) is 0 Å². The third-order valence-corrected chi connectivity index (χ3v) is 4.04. The summed E-state index contributed by atoms with van der Waals surface area (Å²) in [4.78, 5) is 11.4. The monoisotopic (exact) mass is 246 g/mol. The van der Waals surface area contributed by atoms with Crippen molar-refractivity contribution in [2.45, 2.75) is 33.1 Å². The van der Waals surface area contributed by atoms with E-state index in [9.17, 15) is 4.79 Å². The number of carbonyl (C=O) groups excluding carboxylic acids is 1. The highest BCUT2D eigenvalue weighted by atomic mass is 16.1. The van der Waals surface area contributed by atoms with E-state index in [1.807, 2.05) is 12.1 Å². The molecule has 1 aliphatic rings. The number of nitrogens with two attached hydrogens (primary N) is 1. The van der Waals surface area contributed by atoms with Crippen molar-refractivity contribution in [1.82, 2.24) is 0 Å². The Hall–Kier alpha value is -1.51. The van der Waals surface area contributed by atoms with Crippen LogP contribution in [-0.2, 0) is 0 Å². The molecule has 1 aliphatic carbocycles. The number of hydrogen-bond donors (Lipinski definition) is 2. The number of carbonyl (C=O) groups is 1. The van der Waals surface area contributed by atoms with E-state index in [0.717, 1.165) is 24.1 Å². The van der Waals surface area contributed by atoms with Crippen molar-refractivity contribution in [3.05, 3.63) is 23.8 Å². The van der Waals surface area contributed by atoms with Crippen LogP contribution in [0.2, 0.25) is 0 Å². The molecule has 0 aliphatic heterocycles. The fourth-order valence-electron chi connectivity index (χ4n) is 2.75. The molecule has 98 valence electrons. The number of ketones is 1. The van der Waals surface area contributed by atoms with Crippen LogP contribution in [0.1, 0.15) is 43.5 Å². The van der Waals surface area contributed by atoms with Crippen LogP contribution < -0.4 is 11.1 Å². The molecule has 2 atom stereocenters. The predicted molar refractivity (Wildman–Crippen MR) is 75.9 cm³/mol. The maximum Gasteiger partial charge on any atom is 0.161 e. The molecule has 0 bridgehead atoms. The van der Waals surface area contributed by atoms with E-state index >= 15 is 0 Å². The van der Waals surface area contributed by atoms with E-state index in [0.29, 0.717) is 11.3 Å². The first kappa shape index (κ1) is 12.9. The van der Waals surface area contributed by atoms with Gasteiger partial charge in [0, 0.05) is 23.5 Å². The molecular weight excluding hydrogens is 224 g/mol. The standard InChI is InChI=1S/C15H22N2O/c1-10-4-3-5-12(10)9-17-13-6-7-15(16)14(8-13)11(2)18/h6-8,10,12,17H,3-5,9,16H2,1-2H3. The van der Waals surface area contributed by atoms with Gasteiger partial charge >= 0.3 is 0 Å². The minimum Gasteiger partial charge on any atom is -0.398 e. The third kappa shape index (κ3) is 2.84. The summed E-state index contributed by atoms with van der Waals surface area (Å²) in [5.74, 6) is 1.58. The molecule has 3 nitrogen and oxygen atoms in total. The number of Topliss-reactive ketones (excluding diaryl/α,β-unsaturated/α-hetero) is 1. The smallest absolute Gasteiger partial charge is 0.161 e. The normalized spacial score (nSPS) is 23.0. The summed E-state index contributed by atoms with van der Waals surface area (Å²) in [5.41, 5.74) is 7.94. The molecule has 0 aromatic heterocycles. The number of nitrogen functional groups attached to an aromatic ring is 1. The minimum atomic E-state index is 0.0189. The van der Waals surface area contributed by atoms with Crippen LogP contribution in [0.25, 0.3) is 0 Å². The fourth-order valence-corrected chi connectivity index (χ4v) is 2.75. The highest BCUT2D eigenvalue weighted by Crippen LogP contribution is 2.31. The summed E-state index contributed by atoms with van der Waals surface area (Å²) in [6, 6.07) is 5.61. The van der Waals surface area contributed by atoms with Gasteiger partial charge in [0.05, 0.1) is 0 Å². The molecule has 2 rings (SSSR count). The highest BCUT2D eigenvalue weighted by molar-refractivity contribution is 5.99. The molecule has 3 heteroatoms. The lowest BCUT2D eigenvalue weighted by Gasteiger charge is -2.17. The molecule has 1 saturated carbocycles. The molecule has 18 heavy (non-hydrogen) atoms. The van der Waals surface area contributed by atoms with Gasteiger partial charge in [0.1, 0.15) is 0 Å². The number of rotatable bonds is 4. The van der Waals surface area contributed by atoms with Crippen molar-refractivity contribution in [3.8, 4) is 0 Å². The fraction of sp³-hybridized carbons (Fsp3) is 0.533. The van der Waals surface area contributed by atoms with Crippen molar-refractivity contribution in [3.63, 3.8) is 0 Å². The average Bonchev–Trinajstić information content (AvgIpc) is 2.73. The van der Waals surface area contributed by atoms with Crippen molar-refractivity contribution >= 4 is 17.2 Å². The molecule has 1 aromatic carbocycles. The Labute approximate surface area is 109 Å². The number of nitrogens with one attached hydrogen (secondary N) is 1. The zero-order valence-electron chi connectivity index (χ0n) is 11.2. The lowest BCUT2D eigenvalue weighted by Crippen LogP contribution is -2.16. The Balaban J connectivity index is 2.01. The van der Waals surface area contributed by atoms with Gasteiger partial charge in [0.15, 0.2) is 5.78 Å². The average molecular weight is 246 g/mol. The van der Waals surface area contributed by atoms with Crippen molar-refractivity contribution < 1.29 is 4.79 Å². The van der Waals surface area contributed by atoms with Gasteiger partial charge < -0.3 is 11.1 Å². The van der Waals surface area contributed by atoms with E-state index in [4.69, 9.17) is 5.73 Å². The van der Waals surface area contributed by atoms with Crippen LogP contribution in [0, 0.1) is 11.8 Å². The second-order valence-electron chi connectivity index (χ2n) is 5.41. The van der Waals surface area contributed by atoms with Gasteiger partial charge in [-0.15, -0.1) is 0 Å². The SMILES string of the molecule is CC(=O)c1cc(NCC2CCCC2C)ccc1N. The van der Waals surface area contributed by atoms with E-state index in [1.54, 1.807) is 13.0 Å². The molecule has 2 unspecified atom stereocenters. The summed E-state index contributed by atoms with van der Waals surface area (Å²) < 4.78 is 0. The molecule has 3 N–H and O–H groups in total. The molecule has 0 saturated heterocycles. The Morgan fingerprint density at radius 3 is 2.83 bits per heavy atom. The van der Waals surface area contributed by atoms with Crippen LogP contribution in [0.3, 0.4) is 0 Å². The van der Waals surface area contributed by atoms with Gasteiger partial charge in [-0.3, -0.25) is 4.79 Å². The second kappa shape index (κ2) is 5.42. The van der Waals surface area contributed by atoms with Crippen LogP contribution >= 0.6 is 0 Å². The molecule has 0 radical (unpaired) electrons. The first-order valence-electron chi connectivity index (χ1n) is 6.72. The Bertz CT molecular complexity index is 442. The van der Waals surface area contributed by atoms with E-state index in [-0.39, 0.29) is 5.78 Å². The largest absolute Gasteiger partial charge is 0.398 e. The van der Waals surface area contributed by atoms with Crippen LogP contribution in [0.15, 0.2) is 18.2 Å². The highest BCUT2D eigenvalue weighted by Gasteiger charge is 2.22. The first-order valence-corrected chi connectivity index (χ1v) is 6.72. The van der Waals surface area contributed by atoms with Crippen LogP contribution in [0.4, 0.5) is 11.4 Å². The van der Waals surface area contributed by atoms with Crippen LogP contribution in [-0.4, -0.2) is 12.3 Å². The lowest BCUT2D eigenvalue weighted by atomic mass is 9.98. The first-order chi connectivity index (χ1) is 8.58. The number of anilines is 2. The summed E-state index contributed by atoms with van der Waals surface area (Å²) in [7, 11) is 0. The zero-order chi connectivity index (χ0) is 13.1. The summed E-state index contributed by atoms with van der Waals surface area (Å²) >= 11 is 0. The molecule has 0 amide bonds. The summed E-state index contributed by atoms with van der Waals surface area (Å²) in [6.45, 7) is 4.86. The van der Waals surface area contributed by atoms with Gasteiger partial charge in [-0.25, -0.2) is 0 Å². The second-order valence-corrected chi connectivity index (χ2v) is 5.41. The third-order valence-electron chi connectivity index (χ3n) is 4.04. The topological polar surface area (TPSA) is 55.1 Å². The van der Waals surface area contributed by atoms with E-state index in [1.165, 1.54) is 19.3 Å². The molecule has 1 fully saturated rings. The molecule has 0 spiro atoms. The predicted octanol–water partition coefficient (Wildman–Crippen LogP) is 3.32. The van der Waals surface area contributed by atoms with Crippen molar-refractivity contribution in [1.29, 1.82) is 0 Å². The molecule has 1 aromatic rings. The maximum atomic E-state index is 11.4. The number of benzene rings is 1. The van der Waals surface area contributed by atoms with Crippen molar-refractivity contribution in [2.75, 3.05) is 17.6 Å². The van der Waals surface area contributed by atoms with E-state index in [2.05, 4.69) is 12.2 Å².